The number of benzene rings is 2. The summed E-state index contributed by atoms with van der Waals surface area (Å²) in [4.78, 5) is 34.2. The molecule has 0 heterocycles. The number of carbonyl (C=O) groups excluding carboxylic acids is 2. The van der Waals surface area contributed by atoms with Crippen molar-refractivity contribution in [2.75, 3.05) is 11.9 Å². The maximum absolute atomic E-state index is 11.8. The van der Waals surface area contributed by atoms with Crippen LogP contribution in [0.3, 0.4) is 0 Å². The number of hydrogen-bond donors (Lipinski definition) is 5. The smallest absolute Gasteiger partial charge is 0.330 e. The molecule has 6 N–H and O–H groups in total. The lowest BCUT2D eigenvalue weighted by Crippen LogP contribution is -2.36. The molecule has 9 nitrogen and oxygen atoms in total. The number of amides is 2. The summed E-state index contributed by atoms with van der Waals surface area (Å²) in [5.74, 6) is -1.35. The van der Waals surface area contributed by atoms with Gasteiger partial charge in [0.15, 0.2) is 6.04 Å². The van der Waals surface area contributed by atoms with Gasteiger partial charge in [-0.15, -0.1) is 6.58 Å². The molecule has 1 aliphatic rings. The number of anilines is 1. The Morgan fingerprint density at radius 2 is 1.84 bits per heavy atom. The van der Waals surface area contributed by atoms with Gasteiger partial charge in [0.2, 0.25) is 0 Å². The first-order chi connectivity index (χ1) is 15.2. The molecule has 9 heteroatoms. The molecule has 0 saturated heterocycles. The quantitative estimate of drug-likeness (QED) is 0.327. The molecule has 0 aromatic heterocycles. The normalized spacial score (nSPS) is 19.4. The van der Waals surface area contributed by atoms with Crippen LogP contribution < -0.4 is 16.4 Å². The largest absolute Gasteiger partial charge is 0.508 e. The zero-order valence-electron chi connectivity index (χ0n) is 17.7. The molecule has 32 heavy (non-hydrogen) atoms. The maximum Gasteiger partial charge on any atom is 0.330 e. The summed E-state index contributed by atoms with van der Waals surface area (Å²) in [5, 5.41) is 23.3. The van der Waals surface area contributed by atoms with Gasteiger partial charge in [-0.3, -0.25) is 4.79 Å². The fourth-order valence-corrected chi connectivity index (χ4v) is 2.87. The van der Waals surface area contributed by atoms with Crippen LogP contribution in [0, 0.1) is 5.92 Å². The number of phenols is 1. The van der Waals surface area contributed by atoms with Crippen molar-refractivity contribution in [2.24, 2.45) is 11.7 Å². The fourth-order valence-electron chi connectivity index (χ4n) is 2.87. The number of rotatable bonds is 7. The van der Waals surface area contributed by atoms with Gasteiger partial charge in [0, 0.05) is 11.6 Å². The zero-order chi connectivity index (χ0) is 23.7. The van der Waals surface area contributed by atoms with Crippen LogP contribution in [0.25, 0.3) is 0 Å². The van der Waals surface area contributed by atoms with Crippen molar-refractivity contribution in [1.82, 2.24) is 5.32 Å². The van der Waals surface area contributed by atoms with Gasteiger partial charge in [-0.1, -0.05) is 36.4 Å². The number of aromatic hydroxyl groups is 1. The van der Waals surface area contributed by atoms with E-state index in [-0.39, 0.29) is 17.6 Å². The van der Waals surface area contributed by atoms with Crippen molar-refractivity contribution >= 4 is 23.7 Å². The molecule has 1 fully saturated rings. The highest BCUT2D eigenvalue weighted by atomic mass is 16.5. The predicted octanol–water partition coefficient (Wildman–Crippen LogP) is 2.79. The Kier molecular flexibility index (Phi) is 8.37. The highest BCUT2D eigenvalue weighted by Gasteiger charge is 2.56. The third-order valence-corrected chi connectivity index (χ3v) is 4.78. The number of aliphatic carboxylic acids is 1. The summed E-state index contributed by atoms with van der Waals surface area (Å²) < 4.78 is 4.79. The Balaban J connectivity index is 0.000000278. The molecular weight excluding hydrogens is 414 g/mol. The molecule has 1 aliphatic carbocycles. The first-order valence-electron chi connectivity index (χ1n) is 9.94. The number of nitrogens with two attached hydrogens (primary N) is 1. The Labute approximate surface area is 185 Å². The van der Waals surface area contributed by atoms with Crippen molar-refractivity contribution in [1.29, 1.82) is 0 Å². The van der Waals surface area contributed by atoms with Crippen molar-refractivity contribution < 1.29 is 29.3 Å². The minimum absolute atomic E-state index is 0.0247. The van der Waals surface area contributed by atoms with Gasteiger partial charge < -0.3 is 31.3 Å². The number of esters is 1. The van der Waals surface area contributed by atoms with E-state index in [1.54, 1.807) is 43.3 Å². The molecule has 0 radical (unpaired) electrons. The predicted molar refractivity (Wildman–Crippen MR) is 119 cm³/mol. The zero-order valence-corrected chi connectivity index (χ0v) is 17.7. The van der Waals surface area contributed by atoms with Gasteiger partial charge in [-0.2, -0.15) is 0 Å². The first kappa shape index (κ1) is 24.4. The molecule has 2 amide bonds. The number of carboxylic acids is 1. The number of nitrogens with one attached hydrogen (secondary N) is 2. The number of phenolic OH excluding ortho intramolecular Hbond substituents is 1. The summed E-state index contributed by atoms with van der Waals surface area (Å²) in [7, 11) is 0. The van der Waals surface area contributed by atoms with Crippen molar-refractivity contribution in [3.8, 4) is 5.75 Å². The molecular formula is C23H27N3O6. The van der Waals surface area contributed by atoms with Gasteiger partial charge in [0.1, 0.15) is 11.3 Å². The lowest BCUT2D eigenvalue weighted by molar-refractivity contribution is -0.146. The van der Waals surface area contributed by atoms with Crippen molar-refractivity contribution in [3.05, 3.63) is 72.8 Å². The summed E-state index contributed by atoms with van der Waals surface area (Å²) >= 11 is 0. The summed E-state index contributed by atoms with van der Waals surface area (Å²) in [5.41, 5.74) is 5.86. The highest BCUT2D eigenvalue weighted by molar-refractivity contribution is 5.92. The monoisotopic (exact) mass is 441 g/mol. The van der Waals surface area contributed by atoms with E-state index in [1.165, 1.54) is 24.3 Å². The van der Waals surface area contributed by atoms with E-state index < -0.39 is 23.6 Å². The van der Waals surface area contributed by atoms with Crippen LogP contribution in [0.1, 0.15) is 24.9 Å². The fraction of sp³-hybridized carbons (Fsp3) is 0.261. The van der Waals surface area contributed by atoms with Crippen molar-refractivity contribution in [3.63, 3.8) is 0 Å². The molecule has 0 unspecified atom stereocenters. The summed E-state index contributed by atoms with van der Waals surface area (Å²) in [6.07, 6.45) is 2.38. The van der Waals surface area contributed by atoms with E-state index in [0.29, 0.717) is 24.3 Å². The van der Waals surface area contributed by atoms with E-state index in [0.717, 1.165) is 0 Å². The minimum Gasteiger partial charge on any atom is -0.508 e. The molecule has 1 saturated carbocycles. The van der Waals surface area contributed by atoms with E-state index in [1.807, 2.05) is 0 Å². The van der Waals surface area contributed by atoms with E-state index in [4.69, 9.17) is 10.5 Å². The topological polar surface area (TPSA) is 151 Å². The Morgan fingerprint density at radius 3 is 2.34 bits per heavy atom. The molecule has 3 atom stereocenters. The lowest BCUT2D eigenvalue weighted by Gasteiger charge is -2.15. The maximum atomic E-state index is 11.8. The standard InChI is InChI=1S/C15H14N2O4.C8H13NO2/c18-12-8-6-10(7-9-12)13(14(19)20)17-15(21)16-11-4-2-1-3-5-11;1-3-6-5-8(6,9)7(10)11-4-2/h1-9,13,18H,(H,19,20)(H2,16,17,21);3,6H,1,4-5,9H2,2H3/t13-;6-,8-/m01/s1. The van der Waals surface area contributed by atoms with Crippen LogP contribution in [0.2, 0.25) is 0 Å². The van der Waals surface area contributed by atoms with Crippen LogP contribution in [0.15, 0.2) is 67.3 Å². The Hall–Kier alpha value is -3.85. The van der Waals surface area contributed by atoms with E-state index >= 15 is 0 Å². The summed E-state index contributed by atoms with van der Waals surface area (Å²) in [6, 6.07) is 12.5. The molecule has 0 spiro atoms. The number of para-hydroxylation sites is 1. The van der Waals surface area contributed by atoms with Gasteiger partial charge in [0.25, 0.3) is 0 Å². The highest BCUT2D eigenvalue weighted by Crippen LogP contribution is 2.42. The van der Waals surface area contributed by atoms with Gasteiger partial charge in [-0.05, 0) is 43.2 Å². The number of carboxylic acid groups (broad SMARTS) is 1. The molecule has 170 valence electrons. The number of urea groups is 1. The molecule has 2 aromatic carbocycles. The second-order valence-electron chi connectivity index (χ2n) is 7.13. The van der Waals surface area contributed by atoms with Gasteiger partial charge in [0.05, 0.1) is 6.61 Å². The third-order valence-electron chi connectivity index (χ3n) is 4.78. The Morgan fingerprint density at radius 1 is 1.22 bits per heavy atom. The summed E-state index contributed by atoms with van der Waals surface area (Å²) in [6.45, 7) is 5.73. The third kappa shape index (κ3) is 6.58. The van der Waals surface area contributed by atoms with Crippen LogP contribution in [0.4, 0.5) is 10.5 Å². The van der Waals surface area contributed by atoms with Crippen LogP contribution in [0.5, 0.6) is 5.75 Å². The molecule has 0 bridgehead atoms. The van der Waals surface area contributed by atoms with Gasteiger partial charge >= 0.3 is 18.0 Å². The average molecular weight is 441 g/mol. The van der Waals surface area contributed by atoms with E-state index in [2.05, 4.69) is 17.2 Å². The molecule has 2 aromatic rings. The second-order valence-corrected chi connectivity index (χ2v) is 7.13. The van der Waals surface area contributed by atoms with Crippen molar-refractivity contribution in [2.45, 2.75) is 24.9 Å². The number of hydrogen-bond acceptors (Lipinski definition) is 6. The molecule has 0 aliphatic heterocycles. The number of carbonyl (C=O) groups is 3. The van der Waals surface area contributed by atoms with Crippen LogP contribution in [-0.4, -0.2) is 40.3 Å². The second kappa shape index (κ2) is 11.0. The number of ether oxygens (including phenoxy) is 1. The molecule has 3 rings (SSSR count). The average Bonchev–Trinajstić information content (AvgIpc) is 3.46. The van der Waals surface area contributed by atoms with E-state index in [9.17, 15) is 24.6 Å². The SMILES string of the molecule is C=C[C@@H]1C[C@]1(N)C(=O)OCC.O=C(Nc1ccccc1)N[C@H](C(=O)O)c1ccc(O)cc1. The lowest BCUT2D eigenvalue weighted by atomic mass is 10.1. The van der Waals surface area contributed by atoms with Gasteiger partial charge in [-0.25, -0.2) is 9.59 Å². The van der Waals surface area contributed by atoms with Crippen LogP contribution >= 0.6 is 0 Å². The van der Waals surface area contributed by atoms with Crippen LogP contribution in [-0.2, 0) is 14.3 Å². The minimum atomic E-state index is -1.20. The first-order valence-corrected chi connectivity index (χ1v) is 9.94. The Bertz CT molecular complexity index is 948.